The van der Waals surface area contributed by atoms with Gasteiger partial charge in [0, 0.05) is 17.2 Å². The number of carbonyl (C=O) groups excluding carboxylic acids is 1. The molecule has 7 heteroatoms. The summed E-state index contributed by atoms with van der Waals surface area (Å²) >= 11 is 11.7. The number of hydrogen-bond donors (Lipinski definition) is 0. The summed E-state index contributed by atoms with van der Waals surface area (Å²) in [6, 6.07) is 10.2. The van der Waals surface area contributed by atoms with Gasteiger partial charge in [0.1, 0.15) is 6.61 Å². The number of hydrogen-bond acceptors (Lipinski definition) is 4. The molecule has 0 aromatic heterocycles. The molecule has 0 atom stereocenters. The molecular weight excluding hydrogens is 317 g/mol. The van der Waals surface area contributed by atoms with Gasteiger partial charge in [0.25, 0.3) is 5.69 Å². The number of nitro benzene ring substituents is 1. The van der Waals surface area contributed by atoms with Gasteiger partial charge in [0.05, 0.1) is 15.5 Å². The van der Waals surface area contributed by atoms with Gasteiger partial charge in [-0.1, -0.05) is 23.2 Å². The van der Waals surface area contributed by atoms with E-state index in [0.717, 1.165) is 0 Å². The zero-order valence-corrected chi connectivity index (χ0v) is 12.1. The highest BCUT2D eigenvalue weighted by Gasteiger charge is 2.13. The molecule has 0 unspecified atom stereocenters. The third-order valence-electron chi connectivity index (χ3n) is 2.67. The van der Waals surface area contributed by atoms with Crippen molar-refractivity contribution in [2.75, 3.05) is 0 Å². The van der Waals surface area contributed by atoms with Crippen molar-refractivity contribution in [3.05, 3.63) is 73.8 Å². The second-order valence-corrected chi connectivity index (χ2v) is 4.97. The predicted octanol–water partition coefficient (Wildman–Crippen LogP) is 4.26. The molecule has 2 rings (SSSR count). The van der Waals surface area contributed by atoms with Gasteiger partial charge in [-0.3, -0.25) is 10.1 Å². The smallest absolute Gasteiger partial charge is 0.340 e. The van der Waals surface area contributed by atoms with Crippen LogP contribution < -0.4 is 0 Å². The zero-order chi connectivity index (χ0) is 15.4. The van der Waals surface area contributed by atoms with Gasteiger partial charge in [0.2, 0.25) is 0 Å². The monoisotopic (exact) mass is 325 g/mol. The topological polar surface area (TPSA) is 69.4 Å². The first-order chi connectivity index (χ1) is 9.97. The first kappa shape index (κ1) is 15.3. The lowest BCUT2D eigenvalue weighted by Crippen LogP contribution is -2.06. The molecule has 0 aliphatic heterocycles. The normalized spacial score (nSPS) is 10.2. The Balaban J connectivity index is 2.04. The Kier molecular flexibility index (Phi) is 4.77. The first-order valence-corrected chi connectivity index (χ1v) is 6.58. The van der Waals surface area contributed by atoms with Gasteiger partial charge >= 0.3 is 5.97 Å². The number of esters is 1. The Morgan fingerprint density at radius 1 is 1.14 bits per heavy atom. The van der Waals surface area contributed by atoms with Gasteiger partial charge in [-0.2, -0.15) is 0 Å². The Morgan fingerprint density at radius 2 is 1.81 bits per heavy atom. The van der Waals surface area contributed by atoms with Crippen LogP contribution in [0, 0.1) is 10.1 Å². The van der Waals surface area contributed by atoms with Crippen LogP contribution in [0.3, 0.4) is 0 Å². The van der Waals surface area contributed by atoms with Crippen molar-refractivity contribution in [3.63, 3.8) is 0 Å². The average Bonchev–Trinajstić information content (AvgIpc) is 2.47. The van der Waals surface area contributed by atoms with E-state index < -0.39 is 10.9 Å². The third kappa shape index (κ3) is 3.93. The first-order valence-electron chi connectivity index (χ1n) is 5.83. The molecule has 0 N–H and O–H groups in total. The SMILES string of the molecule is O=C(OCc1ccc([N+](=O)[O-])cc1)c1cc(Cl)ccc1Cl. The Bertz CT molecular complexity index is 686. The number of ether oxygens (including phenoxy) is 1. The number of halogens is 2. The van der Waals surface area contributed by atoms with Crippen molar-refractivity contribution in [1.82, 2.24) is 0 Å². The lowest BCUT2D eigenvalue weighted by atomic mass is 10.2. The molecule has 0 fully saturated rings. The fourth-order valence-corrected chi connectivity index (χ4v) is 1.96. The number of non-ortho nitro benzene ring substituents is 1. The third-order valence-corrected chi connectivity index (χ3v) is 3.23. The van der Waals surface area contributed by atoms with Crippen LogP contribution in [-0.4, -0.2) is 10.9 Å². The van der Waals surface area contributed by atoms with Crippen LogP contribution in [-0.2, 0) is 11.3 Å². The molecule has 0 amide bonds. The van der Waals surface area contributed by atoms with Gasteiger partial charge in [-0.15, -0.1) is 0 Å². The quantitative estimate of drug-likeness (QED) is 0.478. The lowest BCUT2D eigenvalue weighted by molar-refractivity contribution is -0.384. The second-order valence-electron chi connectivity index (χ2n) is 4.12. The van der Waals surface area contributed by atoms with E-state index in [9.17, 15) is 14.9 Å². The van der Waals surface area contributed by atoms with Crippen molar-refractivity contribution in [2.24, 2.45) is 0 Å². The van der Waals surface area contributed by atoms with E-state index in [0.29, 0.717) is 10.6 Å². The Hall–Kier alpha value is -2.11. The van der Waals surface area contributed by atoms with Crippen LogP contribution in [0.2, 0.25) is 10.0 Å². The van der Waals surface area contributed by atoms with E-state index in [4.69, 9.17) is 27.9 Å². The van der Waals surface area contributed by atoms with E-state index in [1.165, 1.54) is 36.4 Å². The predicted molar refractivity (Wildman–Crippen MR) is 78.7 cm³/mol. The molecule has 0 saturated carbocycles. The van der Waals surface area contributed by atoms with Gasteiger partial charge < -0.3 is 4.74 Å². The van der Waals surface area contributed by atoms with Gasteiger partial charge in [-0.25, -0.2) is 4.79 Å². The molecule has 0 radical (unpaired) electrons. The summed E-state index contributed by atoms with van der Waals surface area (Å²) < 4.78 is 5.10. The zero-order valence-electron chi connectivity index (χ0n) is 10.6. The highest BCUT2D eigenvalue weighted by atomic mass is 35.5. The van der Waals surface area contributed by atoms with Crippen LogP contribution in [0.15, 0.2) is 42.5 Å². The lowest BCUT2D eigenvalue weighted by Gasteiger charge is -2.06. The minimum absolute atomic E-state index is 0.0142. The maximum Gasteiger partial charge on any atom is 0.340 e. The van der Waals surface area contributed by atoms with E-state index in [1.54, 1.807) is 6.07 Å². The molecule has 0 bridgehead atoms. The highest BCUT2D eigenvalue weighted by molar-refractivity contribution is 6.35. The number of nitro groups is 1. The number of carbonyl (C=O) groups is 1. The maximum absolute atomic E-state index is 11.9. The number of nitrogens with zero attached hydrogens (tertiary/aromatic N) is 1. The summed E-state index contributed by atoms with van der Waals surface area (Å²) in [5.74, 6) is -0.610. The van der Waals surface area contributed by atoms with Crippen molar-refractivity contribution in [1.29, 1.82) is 0 Å². The Morgan fingerprint density at radius 3 is 2.43 bits per heavy atom. The standard InChI is InChI=1S/C14H9Cl2NO4/c15-10-3-6-13(16)12(7-10)14(18)21-8-9-1-4-11(5-2-9)17(19)20/h1-7H,8H2. The van der Waals surface area contributed by atoms with Crippen LogP contribution in [0.25, 0.3) is 0 Å². The summed E-state index contributed by atoms with van der Waals surface area (Å²) in [5.41, 5.74) is 0.779. The second kappa shape index (κ2) is 6.56. The molecule has 21 heavy (non-hydrogen) atoms. The minimum Gasteiger partial charge on any atom is -0.457 e. The molecular formula is C14H9Cl2NO4. The largest absolute Gasteiger partial charge is 0.457 e. The minimum atomic E-state index is -0.610. The fourth-order valence-electron chi connectivity index (χ4n) is 1.59. The average molecular weight is 326 g/mol. The molecule has 0 saturated heterocycles. The maximum atomic E-state index is 11.9. The van der Waals surface area contributed by atoms with Crippen molar-refractivity contribution in [3.8, 4) is 0 Å². The van der Waals surface area contributed by atoms with Crippen molar-refractivity contribution in [2.45, 2.75) is 6.61 Å². The molecule has 0 aliphatic rings. The van der Waals surface area contributed by atoms with E-state index >= 15 is 0 Å². The van der Waals surface area contributed by atoms with Crippen LogP contribution >= 0.6 is 23.2 Å². The van der Waals surface area contributed by atoms with Crippen LogP contribution in [0.5, 0.6) is 0 Å². The highest BCUT2D eigenvalue weighted by Crippen LogP contribution is 2.22. The molecule has 0 spiro atoms. The molecule has 0 aliphatic carbocycles. The summed E-state index contributed by atoms with van der Waals surface area (Å²) in [7, 11) is 0. The van der Waals surface area contributed by atoms with Gasteiger partial charge in [-0.05, 0) is 35.9 Å². The van der Waals surface area contributed by atoms with E-state index in [-0.39, 0.29) is 22.9 Å². The Labute approximate surface area is 130 Å². The molecule has 5 nitrogen and oxygen atoms in total. The van der Waals surface area contributed by atoms with Crippen molar-refractivity contribution >= 4 is 34.9 Å². The molecule has 2 aromatic carbocycles. The van der Waals surface area contributed by atoms with Crippen LogP contribution in [0.4, 0.5) is 5.69 Å². The summed E-state index contributed by atoms with van der Waals surface area (Å²) in [6.07, 6.45) is 0. The van der Waals surface area contributed by atoms with E-state index in [2.05, 4.69) is 0 Å². The molecule has 2 aromatic rings. The summed E-state index contributed by atoms with van der Waals surface area (Å²) in [6.45, 7) is -0.0142. The van der Waals surface area contributed by atoms with Crippen LogP contribution in [0.1, 0.15) is 15.9 Å². The summed E-state index contributed by atoms with van der Waals surface area (Å²) in [4.78, 5) is 21.9. The molecule has 0 heterocycles. The fraction of sp³-hybridized carbons (Fsp3) is 0.0714. The van der Waals surface area contributed by atoms with Crippen molar-refractivity contribution < 1.29 is 14.5 Å². The number of benzene rings is 2. The molecule has 108 valence electrons. The van der Waals surface area contributed by atoms with E-state index in [1.807, 2.05) is 0 Å². The summed E-state index contributed by atoms with van der Waals surface area (Å²) in [5, 5.41) is 11.1. The number of rotatable bonds is 4. The van der Waals surface area contributed by atoms with Gasteiger partial charge in [0.15, 0.2) is 0 Å².